The van der Waals surface area contributed by atoms with E-state index in [0.29, 0.717) is 35.4 Å². The number of rotatable bonds is 5. The van der Waals surface area contributed by atoms with E-state index < -0.39 is 23.7 Å². The van der Waals surface area contributed by atoms with Gasteiger partial charge in [0, 0.05) is 23.1 Å². The number of carbonyl (C=O) groups is 4. The molecule has 40 heavy (non-hydrogen) atoms. The first kappa shape index (κ1) is 26.2. The molecule has 7 nitrogen and oxygen atoms in total. The SMILES string of the molecule is C=Cc1ccc(N2C(=O)[C@H]3[C@H](CC=C4[C@H](c5ccc(O)c(OCC)c5)C5=C(C[C@H]43)C(=O)C(Br)=CC5=O)C2=O)cc1. The molecule has 1 fully saturated rings. The van der Waals surface area contributed by atoms with E-state index in [0.717, 1.165) is 11.1 Å². The number of hydrogen-bond acceptors (Lipinski definition) is 6. The van der Waals surface area contributed by atoms with Gasteiger partial charge in [0.2, 0.25) is 11.8 Å². The fourth-order valence-electron chi connectivity index (χ4n) is 6.58. The molecule has 0 saturated carbocycles. The minimum Gasteiger partial charge on any atom is -0.504 e. The van der Waals surface area contributed by atoms with Crippen molar-refractivity contribution >= 4 is 51.1 Å². The molecule has 2 aromatic rings. The molecule has 1 heterocycles. The standard InChI is InChI=1S/C32H26BrNO6/c1-3-16-5-8-18(9-6-16)34-31(38)20-11-10-19-21(28(20)32(34)39)14-22-29(25(36)15-23(33)30(22)37)27(19)17-7-12-24(35)26(13-17)40-4-2/h3,5-10,12-13,15,20-21,27-28,35H,1,4,11,14H2,2H3/t20-,21+,27-,28-/m0/s1. The Bertz CT molecular complexity index is 1600. The highest BCUT2D eigenvalue weighted by molar-refractivity contribution is 9.12. The normalized spacial score (nSPS) is 25.7. The first-order valence-corrected chi connectivity index (χ1v) is 14.0. The third-order valence-corrected chi connectivity index (χ3v) is 8.92. The lowest BCUT2D eigenvalue weighted by Gasteiger charge is -2.42. The molecule has 3 aliphatic carbocycles. The molecule has 1 N–H and O–H groups in total. The summed E-state index contributed by atoms with van der Waals surface area (Å²) in [5, 5.41) is 10.3. The Morgan fingerprint density at radius 3 is 2.52 bits per heavy atom. The van der Waals surface area contributed by atoms with Crippen LogP contribution in [0.4, 0.5) is 5.69 Å². The van der Waals surface area contributed by atoms with Crippen molar-refractivity contribution in [1.29, 1.82) is 0 Å². The summed E-state index contributed by atoms with van der Waals surface area (Å²) in [6.45, 7) is 5.89. The van der Waals surface area contributed by atoms with Gasteiger partial charge in [0.25, 0.3) is 0 Å². The number of anilines is 1. The summed E-state index contributed by atoms with van der Waals surface area (Å²) in [6.07, 6.45) is 5.48. The topological polar surface area (TPSA) is 101 Å². The number of ether oxygens (including phenoxy) is 1. The van der Waals surface area contributed by atoms with E-state index in [-0.39, 0.29) is 45.8 Å². The maximum atomic E-state index is 14.0. The molecule has 0 spiro atoms. The summed E-state index contributed by atoms with van der Waals surface area (Å²) in [5.74, 6) is -3.20. The number of amides is 2. The van der Waals surface area contributed by atoms with Crippen molar-refractivity contribution in [2.75, 3.05) is 11.5 Å². The monoisotopic (exact) mass is 599 g/mol. The van der Waals surface area contributed by atoms with E-state index in [1.54, 1.807) is 49.4 Å². The first-order valence-electron chi connectivity index (χ1n) is 13.2. The second-order valence-electron chi connectivity index (χ2n) is 10.4. The number of fused-ring (bicyclic) bond motifs is 3. The number of carbonyl (C=O) groups excluding carboxylic acids is 4. The van der Waals surface area contributed by atoms with Crippen molar-refractivity contribution in [1.82, 2.24) is 0 Å². The van der Waals surface area contributed by atoms with Crippen LogP contribution in [0.2, 0.25) is 0 Å². The Labute approximate surface area is 239 Å². The molecule has 4 aliphatic rings. The second-order valence-corrected chi connectivity index (χ2v) is 11.2. The highest BCUT2D eigenvalue weighted by Gasteiger charge is 2.56. The van der Waals surface area contributed by atoms with Crippen LogP contribution in [0.1, 0.15) is 36.8 Å². The number of hydrogen-bond donors (Lipinski definition) is 1. The lowest BCUT2D eigenvalue weighted by atomic mass is 9.59. The molecule has 6 rings (SSSR count). The second kappa shape index (κ2) is 9.86. The van der Waals surface area contributed by atoms with Crippen molar-refractivity contribution in [3.8, 4) is 11.5 Å². The number of halogens is 1. The first-order chi connectivity index (χ1) is 19.2. The van der Waals surface area contributed by atoms with Crippen molar-refractivity contribution in [3.05, 3.63) is 93.5 Å². The zero-order chi connectivity index (χ0) is 28.3. The lowest BCUT2D eigenvalue weighted by molar-refractivity contribution is -0.123. The number of ketones is 2. The molecule has 0 aromatic heterocycles. The minimum absolute atomic E-state index is 0.0341. The molecular formula is C32H26BrNO6. The highest BCUT2D eigenvalue weighted by atomic mass is 79.9. The van der Waals surface area contributed by atoms with Crippen LogP contribution in [0.15, 0.2) is 82.4 Å². The van der Waals surface area contributed by atoms with Gasteiger partial charge in [-0.15, -0.1) is 0 Å². The van der Waals surface area contributed by atoms with Crippen LogP contribution >= 0.6 is 15.9 Å². The zero-order valence-electron chi connectivity index (χ0n) is 21.7. The van der Waals surface area contributed by atoms with Gasteiger partial charge >= 0.3 is 0 Å². The van der Waals surface area contributed by atoms with Crippen LogP contribution < -0.4 is 9.64 Å². The van der Waals surface area contributed by atoms with Crippen LogP contribution in [-0.4, -0.2) is 35.1 Å². The number of allylic oxidation sites excluding steroid dienone is 6. The van der Waals surface area contributed by atoms with Crippen LogP contribution in [0.3, 0.4) is 0 Å². The van der Waals surface area contributed by atoms with Crippen LogP contribution in [0, 0.1) is 17.8 Å². The summed E-state index contributed by atoms with van der Waals surface area (Å²) >= 11 is 3.24. The lowest BCUT2D eigenvalue weighted by Crippen LogP contribution is -2.39. The number of Topliss-reactive ketones (excluding diaryl/α,β-unsaturated/α-hetero) is 1. The zero-order valence-corrected chi connectivity index (χ0v) is 23.3. The number of imide groups is 1. The van der Waals surface area contributed by atoms with Gasteiger partial charge in [0.1, 0.15) is 0 Å². The fraction of sp³-hybridized carbons (Fsp3) is 0.250. The van der Waals surface area contributed by atoms with E-state index in [1.165, 1.54) is 17.0 Å². The van der Waals surface area contributed by atoms with E-state index >= 15 is 0 Å². The van der Waals surface area contributed by atoms with Gasteiger partial charge < -0.3 is 9.84 Å². The molecule has 1 aliphatic heterocycles. The molecule has 202 valence electrons. The summed E-state index contributed by atoms with van der Waals surface area (Å²) in [7, 11) is 0. The van der Waals surface area contributed by atoms with Gasteiger partial charge in [-0.3, -0.25) is 24.1 Å². The molecule has 0 radical (unpaired) electrons. The molecule has 0 bridgehead atoms. The fourth-order valence-corrected chi connectivity index (χ4v) is 7.03. The van der Waals surface area contributed by atoms with E-state index in [2.05, 4.69) is 22.5 Å². The predicted molar refractivity (Wildman–Crippen MR) is 153 cm³/mol. The Morgan fingerprint density at radius 2 is 1.82 bits per heavy atom. The van der Waals surface area contributed by atoms with E-state index in [4.69, 9.17) is 4.74 Å². The quantitative estimate of drug-likeness (QED) is 0.280. The molecule has 2 aromatic carbocycles. The molecule has 8 heteroatoms. The molecule has 2 amide bonds. The third kappa shape index (κ3) is 3.92. The van der Waals surface area contributed by atoms with Gasteiger partial charge in [0.15, 0.2) is 23.1 Å². The number of phenols is 1. The highest BCUT2D eigenvalue weighted by Crippen LogP contribution is 2.56. The van der Waals surface area contributed by atoms with Gasteiger partial charge in [-0.25, -0.2) is 0 Å². The van der Waals surface area contributed by atoms with Crippen LogP contribution in [0.25, 0.3) is 6.08 Å². The smallest absolute Gasteiger partial charge is 0.238 e. The number of phenolic OH excluding ortho intramolecular Hbond substituents is 1. The average molecular weight is 600 g/mol. The van der Waals surface area contributed by atoms with Crippen molar-refractivity contribution in [2.45, 2.75) is 25.7 Å². The maximum absolute atomic E-state index is 14.0. The van der Waals surface area contributed by atoms with E-state index in [1.807, 2.05) is 6.08 Å². The average Bonchev–Trinajstić information content (AvgIpc) is 3.21. The largest absolute Gasteiger partial charge is 0.504 e. The van der Waals surface area contributed by atoms with Gasteiger partial charge in [-0.1, -0.05) is 42.5 Å². The number of nitrogens with zero attached hydrogens (tertiary/aromatic N) is 1. The van der Waals surface area contributed by atoms with Crippen molar-refractivity contribution in [2.24, 2.45) is 17.8 Å². The minimum atomic E-state index is -0.667. The number of aromatic hydroxyl groups is 1. The predicted octanol–water partition coefficient (Wildman–Crippen LogP) is 5.40. The summed E-state index contributed by atoms with van der Waals surface area (Å²) in [6, 6.07) is 12.0. The maximum Gasteiger partial charge on any atom is 0.238 e. The number of benzene rings is 2. The third-order valence-electron chi connectivity index (χ3n) is 8.34. The Balaban J connectivity index is 1.47. The Hall–Kier alpha value is -4.04. The molecule has 0 unspecified atom stereocenters. The molecule has 4 atom stereocenters. The summed E-state index contributed by atoms with van der Waals surface area (Å²) in [4.78, 5) is 55.6. The Kier molecular flexibility index (Phi) is 6.45. The molecule has 1 saturated heterocycles. The Morgan fingerprint density at radius 1 is 1.07 bits per heavy atom. The van der Waals surface area contributed by atoms with E-state index in [9.17, 15) is 24.3 Å². The molecular weight excluding hydrogens is 574 g/mol. The van der Waals surface area contributed by atoms with Crippen LogP contribution in [-0.2, 0) is 19.2 Å². The van der Waals surface area contributed by atoms with Gasteiger partial charge in [0.05, 0.1) is 28.6 Å². The summed E-state index contributed by atoms with van der Waals surface area (Å²) < 4.78 is 5.79. The van der Waals surface area contributed by atoms with Crippen molar-refractivity contribution in [3.63, 3.8) is 0 Å². The van der Waals surface area contributed by atoms with Gasteiger partial charge in [-0.2, -0.15) is 0 Å². The van der Waals surface area contributed by atoms with Crippen molar-refractivity contribution < 1.29 is 29.0 Å². The summed E-state index contributed by atoms with van der Waals surface area (Å²) in [5.41, 5.74) is 3.61. The van der Waals surface area contributed by atoms with Crippen LogP contribution in [0.5, 0.6) is 11.5 Å². The van der Waals surface area contributed by atoms with Gasteiger partial charge in [-0.05, 0) is 77.0 Å².